The van der Waals surface area contributed by atoms with Crippen LogP contribution in [0.3, 0.4) is 0 Å². The first-order valence-corrected chi connectivity index (χ1v) is 8.09. The van der Waals surface area contributed by atoms with E-state index in [4.69, 9.17) is 0 Å². The van der Waals surface area contributed by atoms with Crippen molar-refractivity contribution in [3.8, 4) is 0 Å². The molecule has 3 saturated heterocycles. The summed E-state index contributed by atoms with van der Waals surface area (Å²) in [6, 6.07) is 0.855. The van der Waals surface area contributed by atoms with Crippen molar-refractivity contribution in [3.05, 3.63) is 0 Å². The number of likely N-dealkylation sites (tertiary alicyclic amines) is 1. The fourth-order valence-electron chi connectivity index (χ4n) is 2.65. The number of fused-ring (bicyclic) bond motifs is 1. The molecule has 0 aliphatic carbocycles. The number of ether oxygens (including phenoxy) is 1. The summed E-state index contributed by atoms with van der Waals surface area (Å²) in [4.78, 5) is 12.4. The smallest absolute Gasteiger partial charge is 0.407 e. The molecule has 2 unspecified atom stereocenters. The van der Waals surface area contributed by atoms with Crippen molar-refractivity contribution in [2.45, 2.75) is 46.6 Å². The Hall–Kier alpha value is -0.810. The third-order valence-corrected chi connectivity index (χ3v) is 3.56. The van der Waals surface area contributed by atoms with E-state index in [0.717, 1.165) is 12.0 Å². The van der Waals surface area contributed by atoms with Crippen molar-refractivity contribution in [2.75, 3.05) is 39.8 Å². The summed E-state index contributed by atoms with van der Waals surface area (Å²) in [5.41, 5.74) is 0. The van der Waals surface area contributed by atoms with Gasteiger partial charge in [0.15, 0.2) is 0 Å². The molecule has 120 valence electrons. The van der Waals surface area contributed by atoms with Gasteiger partial charge in [-0.2, -0.15) is 0 Å². The van der Waals surface area contributed by atoms with Gasteiger partial charge in [-0.05, 0) is 38.9 Å². The van der Waals surface area contributed by atoms with E-state index in [9.17, 15) is 4.79 Å². The molecule has 1 amide bonds. The first kappa shape index (κ1) is 19.2. The number of likely N-dealkylation sites (N-methyl/N-ethyl adjacent to an activating group) is 1. The van der Waals surface area contributed by atoms with E-state index in [1.807, 2.05) is 27.7 Å². The van der Waals surface area contributed by atoms with Crippen LogP contribution in [0.2, 0.25) is 0 Å². The van der Waals surface area contributed by atoms with E-state index in [2.05, 4.69) is 27.3 Å². The van der Waals surface area contributed by atoms with Crippen LogP contribution in [0.25, 0.3) is 0 Å². The highest BCUT2D eigenvalue weighted by molar-refractivity contribution is 5.68. The molecule has 3 rings (SSSR count). The Kier molecular flexibility index (Phi) is 11.5. The molecular weight excluding hydrogens is 254 g/mol. The molecular formula is C15H33N3O2. The Morgan fingerprint density at radius 1 is 1.20 bits per heavy atom. The van der Waals surface area contributed by atoms with E-state index < -0.39 is 0 Å². The topological polar surface area (TPSA) is 53.6 Å². The van der Waals surface area contributed by atoms with Gasteiger partial charge in [0, 0.05) is 12.6 Å². The molecule has 20 heavy (non-hydrogen) atoms. The molecule has 5 heteroatoms. The fraction of sp³-hybridized carbons (Fsp3) is 0.933. The number of rotatable bonds is 0. The molecule has 0 aromatic rings. The van der Waals surface area contributed by atoms with Crippen LogP contribution in [0, 0.1) is 5.92 Å². The minimum absolute atomic E-state index is 0.296. The Morgan fingerprint density at radius 2 is 1.90 bits per heavy atom. The van der Waals surface area contributed by atoms with Crippen molar-refractivity contribution < 1.29 is 9.53 Å². The lowest BCUT2D eigenvalue weighted by molar-refractivity contribution is 0.158. The fourth-order valence-corrected chi connectivity index (χ4v) is 2.65. The Bertz CT molecular complexity index is 241. The Morgan fingerprint density at radius 3 is 2.35 bits per heavy atom. The molecule has 3 aliphatic rings. The molecule has 0 aromatic heterocycles. The second-order valence-corrected chi connectivity index (χ2v) is 4.67. The maximum absolute atomic E-state index is 9.91. The molecule has 3 heterocycles. The second-order valence-electron chi connectivity index (χ2n) is 4.67. The third kappa shape index (κ3) is 6.57. The number of nitrogens with zero attached hydrogens (tertiary/aromatic N) is 1. The average Bonchev–Trinajstić information content (AvgIpc) is 3.16. The summed E-state index contributed by atoms with van der Waals surface area (Å²) in [6.07, 6.45) is 2.55. The highest BCUT2D eigenvalue weighted by Crippen LogP contribution is 2.24. The van der Waals surface area contributed by atoms with Crippen LogP contribution < -0.4 is 10.6 Å². The highest BCUT2D eigenvalue weighted by Gasteiger charge is 2.32. The van der Waals surface area contributed by atoms with Gasteiger partial charge in [-0.25, -0.2) is 4.79 Å². The van der Waals surface area contributed by atoms with Crippen LogP contribution in [-0.4, -0.2) is 56.9 Å². The molecule has 0 saturated carbocycles. The number of nitrogens with one attached hydrogen (secondary N) is 2. The van der Waals surface area contributed by atoms with Crippen LogP contribution >= 0.6 is 0 Å². The summed E-state index contributed by atoms with van der Waals surface area (Å²) >= 11 is 0. The number of cyclic esters (lactones) is 1. The van der Waals surface area contributed by atoms with E-state index in [0.29, 0.717) is 13.2 Å². The minimum atomic E-state index is -0.296. The summed E-state index contributed by atoms with van der Waals surface area (Å²) in [7, 11) is 2.25. The lowest BCUT2D eigenvalue weighted by atomic mass is 9.93. The lowest BCUT2D eigenvalue weighted by Crippen LogP contribution is -2.42. The maximum Gasteiger partial charge on any atom is 0.407 e. The van der Waals surface area contributed by atoms with Crippen LogP contribution in [0.5, 0.6) is 0 Å². The van der Waals surface area contributed by atoms with Crippen molar-refractivity contribution in [1.29, 1.82) is 0 Å². The van der Waals surface area contributed by atoms with Gasteiger partial charge in [0.1, 0.15) is 6.61 Å². The van der Waals surface area contributed by atoms with E-state index in [-0.39, 0.29) is 6.09 Å². The number of carbonyl (C=O) groups is 1. The summed E-state index contributed by atoms with van der Waals surface area (Å²) < 4.78 is 4.40. The van der Waals surface area contributed by atoms with Crippen LogP contribution in [0.1, 0.15) is 40.5 Å². The van der Waals surface area contributed by atoms with E-state index in [1.165, 1.54) is 32.5 Å². The highest BCUT2D eigenvalue weighted by atomic mass is 16.6. The number of hydrogen-bond acceptors (Lipinski definition) is 4. The van der Waals surface area contributed by atoms with Gasteiger partial charge in [-0.1, -0.05) is 27.7 Å². The Labute approximate surface area is 124 Å². The van der Waals surface area contributed by atoms with Crippen LogP contribution in [-0.2, 0) is 4.74 Å². The van der Waals surface area contributed by atoms with E-state index in [1.54, 1.807) is 0 Å². The van der Waals surface area contributed by atoms with E-state index >= 15 is 0 Å². The van der Waals surface area contributed by atoms with Crippen molar-refractivity contribution >= 4 is 6.09 Å². The molecule has 2 N–H and O–H groups in total. The maximum atomic E-state index is 9.91. The molecule has 0 spiro atoms. The first-order valence-electron chi connectivity index (χ1n) is 8.09. The van der Waals surface area contributed by atoms with Gasteiger partial charge in [0.2, 0.25) is 0 Å². The van der Waals surface area contributed by atoms with Crippen molar-refractivity contribution in [1.82, 2.24) is 15.5 Å². The summed E-state index contributed by atoms with van der Waals surface area (Å²) in [6.45, 7) is 13.0. The van der Waals surface area contributed by atoms with Crippen molar-refractivity contribution in [2.24, 2.45) is 5.92 Å². The standard InChI is InChI=1S/C8H16N2.C3H5NO2.2C2H6/c1-10-4-2-3-7-5-9-6-8(7)10;5-3-4-1-2-6-3;2*1-2/h7-9H,2-6H2,1H3;1-2H2,(H,4,5);2*1-2H3. The Balaban J connectivity index is 0.000000312. The average molecular weight is 287 g/mol. The largest absolute Gasteiger partial charge is 0.448 e. The number of amides is 1. The van der Waals surface area contributed by atoms with Gasteiger partial charge in [0.05, 0.1) is 6.54 Å². The first-order chi connectivity index (χ1) is 9.77. The molecule has 2 atom stereocenters. The summed E-state index contributed by atoms with van der Waals surface area (Å²) in [5.74, 6) is 0.957. The SMILES string of the molecule is CC.CC.CN1CCCC2CNCC21.O=C1NCCO1. The van der Waals surface area contributed by atoms with Gasteiger partial charge >= 0.3 is 6.09 Å². The zero-order valence-electron chi connectivity index (χ0n) is 13.9. The minimum Gasteiger partial charge on any atom is -0.448 e. The number of alkyl carbamates (subject to hydrolysis) is 1. The van der Waals surface area contributed by atoms with Crippen LogP contribution in [0.4, 0.5) is 4.79 Å². The van der Waals surface area contributed by atoms with Gasteiger partial charge in [0.25, 0.3) is 0 Å². The number of piperidine rings is 1. The zero-order chi connectivity index (χ0) is 15.4. The molecule has 0 bridgehead atoms. The summed E-state index contributed by atoms with van der Waals surface area (Å²) in [5, 5.41) is 5.91. The number of carbonyl (C=O) groups excluding carboxylic acids is 1. The third-order valence-electron chi connectivity index (χ3n) is 3.56. The normalized spacial score (nSPS) is 27.4. The number of hydrogen-bond donors (Lipinski definition) is 2. The van der Waals surface area contributed by atoms with Gasteiger partial charge in [-0.3, -0.25) is 0 Å². The van der Waals surface area contributed by atoms with Crippen LogP contribution in [0.15, 0.2) is 0 Å². The molecule has 3 aliphatic heterocycles. The predicted octanol–water partition coefficient (Wildman–Crippen LogP) is 2.08. The molecule has 0 radical (unpaired) electrons. The molecule has 5 nitrogen and oxygen atoms in total. The monoisotopic (exact) mass is 287 g/mol. The van der Waals surface area contributed by atoms with Gasteiger partial charge in [-0.15, -0.1) is 0 Å². The quantitative estimate of drug-likeness (QED) is 0.716. The predicted molar refractivity (Wildman–Crippen MR) is 84.1 cm³/mol. The molecule has 0 aromatic carbocycles. The van der Waals surface area contributed by atoms with Gasteiger partial charge < -0.3 is 20.3 Å². The zero-order valence-corrected chi connectivity index (χ0v) is 13.9. The second kappa shape index (κ2) is 12.0. The van der Waals surface area contributed by atoms with Crippen molar-refractivity contribution in [3.63, 3.8) is 0 Å². The molecule has 3 fully saturated rings. The lowest BCUT2D eigenvalue weighted by Gasteiger charge is -2.33.